The molecule has 0 saturated heterocycles. The molecule has 0 aliphatic carbocycles. The average molecular weight is 357 g/mol. The molecule has 10 heteroatoms. The number of carbonyl (C=O) groups is 1. The molecule has 0 aliphatic heterocycles. The molecule has 0 spiro atoms. The third-order valence-electron chi connectivity index (χ3n) is 3.60. The number of hydrogen-bond acceptors (Lipinski definition) is 7. The van der Waals surface area contributed by atoms with E-state index in [0.29, 0.717) is 36.1 Å². The fourth-order valence-electron chi connectivity index (χ4n) is 2.39. The van der Waals surface area contributed by atoms with Crippen molar-refractivity contribution in [2.24, 2.45) is 7.05 Å². The van der Waals surface area contributed by atoms with Crippen LogP contribution in [0.1, 0.15) is 10.4 Å². The molecule has 0 aliphatic rings. The van der Waals surface area contributed by atoms with Crippen molar-refractivity contribution in [2.45, 2.75) is 6.54 Å². The van der Waals surface area contributed by atoms with Gasteiger partial charge >= 0.3 is 0 Å². The summed E-state index contributed by atoms with van der Waals surface area (Å²) in [4.78, 5) is 16.9. The number of carbonyl (C=O) groups excluding carboxylic acids is 1. The third-order valence-corrected chi connectivity index (χ3v) is 3.60. The number of methoxy groups -OCH3 is 2. The fraction of sp³-hybridized carbons (Fsp3) is 0.312. The van der Waals surface area contributed by atoms with Crippen LogP contribution in [-0.2, 0) is 18.3 Å². The predicted molar refractivity (Wildman–Crippen MR) is 92.8 cm³/mol. The molecule has 0 atom stereocenters. The van der Waals surface area contributed by atoms with E-state index in [1.165, 1.54) is 11.8 Å². The number of hydrogen-bond donors (Lipinski definition) is 1. The smallest absolute Gasteiger partial charge is 0.263 e. The predicted octanol–water partition coefficient (Wildman–Crippen LogP) is 0.981. The van der Waals surface area contributed by atoms with Crippen molar-refractivity contribution in [3.63, 3.8) is 0 Å². The largest absolute Gasteiger partial charge is 0.479 e. The Balaban J connectivity index is 1.81. The van der Waals surface area contributed by atoms with Crippen LogP contribution < -0.4 is 10.1 Å². The van der Waals surface area contributed by atoms with Gasteiger partial charge in [0.15, 0.2) is 5.82 Å². The first-order valence-corrected chi connectivity index (χ1v) is 7.85. The van der Waals surface area contributed by atoms with Crippen molar-refractivity contribution in [2.75, 3.05) is 26.1 Å². The Labute approximate surface area is 149 Å². The van der Waals surface area contributed by atoms with Crippen molar-refractivity contribution in [3.05, 3.63) is 36.3 Å². The Morgan fingerprint density at radius 1 is 1.31 bits per heavy atom. The van der Waals surface area contributed by atoms with Crippen molar-refractivity contribution in [1.29, 1.82) is 0 Å². The molecular formula is C16H19N7O3. The highest BCUT2D eigenvalue weighted by Crippen LogP contribution is 2.19. The van der Waals surface area contributed by atoms with Crippen LogP contribution >= 0.6 is 0 Å². The summed E-state index contributed by atoms with van der Waals surface area (Å²) in [6, 6.07) is 5.28. The second kappa shape index (κ2) is 7.74. The van der Waals surface area contributed by atoms with Crippen LogP contribution in [-0.4, -0.2) is 56.3 Å². The van der Waals surface area contributed by atoms with E-state index >= 15 is 0 Å². The van der Waals surface area contributed by atoms with Gasteiger partial charge in [-0.05, 0) is 12.1 Å². The number of nitrogens with one attached hydrogen (secondary N) is 1. The van der Waals surface area contributed by atoms with Crippen molar-refractivity contribution >= 4 is 11.7 Å². The molecule has 1 N–H and O–H groups in total. The van der Waals surface area contributed by atoms with Crippen LogP contribution in [0.25, 0.3) is 11.5 Å². The number of pyridine rings is 1. The summed E-state index contributed by atoms with van der Waals surface area (Å²) in [7, 11) is 4.81. The lowest BCUT2D eigenvalue weighted by Gasteiger charge is -2.08. The maximum Gasteiger partial charge on any atom is 0.263 e. The number of nitrogens with zero attached hydrogens (tertiary/aromatic N) is 6. The lowest BCUT2D eigenvalue weighted by atomic mass is 10.3. The summed E-state index contributed by atoms with van der Waals surface area (Å²) in [5.74, 6) is 0.873. The molecule has 0 radical (unpaired) electrons. The van der Waals surface area contributed by atoms with E-state index in [1.807, 2.05) is 4.57 Å². The average Bonchev–Trinajstić information content (AvgIpc) is 3.26. The Kier molecular flexibility index (Phi) is 5.23. The van der Waals surface area contributed by atoms with E-state index in [2.05, 4.69) is 25.6 Å². The summed E-state index contributed by atoms with van der Waals surface area (Å²) >= 11 is 0. The normalized spacial score (nSPS) is 10.7. The molecule has 1 amide bonds. The molecule has 0 bridgehead atoms. The van der Waals surface area contributed by atoms with E-state index in [1.54, 1.807) is 44.9 Å². The van der Waals surface area contributed by atoms with E-state index in [0.717, 1.165) is 0 Å². The van der Waals surface area contributed by atoms with Gasteiger partial charge in [-0.15, -0.1) is 15.3 Å². The highest BCUT2D eigenvalue weighted by molar-refractivity contribution is 6.05. The summed E-state index contributed by atoms with van der Waals surface area (Å²) in [6.45, 7) is 1.13. The quantitative estimate of drug-likeness (QED) is 0.671. The van der Waals surface area contributed by atoms with Gasteiger partial charge < -0.3 is 19.4 Å². The molecule has 136 valence electrons. The first-order valence-electron chi connectivity index (χ1n) is 7.85. The number of aromatic nitrogens is 6. The monoisotopic (exact) mass is 357 g/mol. The lowest BCUT2D eigenvalue weighted by molar-refractivity contribution is 0.102. The second-order valence-electron chi connectivity index (χ2n) is 5.43. The van der Waals surface area contributed by atoms with Crippen LogP contribution in [0.2, 0.25) is 0 Å². The topological polar surface area (TPSA) is 109 Å². The summed E-state index contributed by atoms with van der Waals surface area (Å²) in [5, 5.41) is 14.8. The molecule has 0 fully saturated rings. The highest BCUT2D eigenvalue weighted by Gasteiger charge is 2.17. The van der Waals surface area contributed by atoms with Gasteiger partial charge in [0.05, 0.1) is 13.7 Å². The van der Waals surface area contributed by atoms with E-state index in [4.69, 9.17) is 9.47 Å². The first-order chi connectivity index (χ1) is 12.6. The Morgan fingerprint density at radius 3 is 2.92 bits per heavy atom. The van der Waals surface area contributed by atoms with Gasteiger partial charge in [-0.3, -0.25) is 9.48 Å². The van der Waals surface area contributed by atoms with Crippen LogP contribution in [0.3, 0.4) is 0 Å². The zero-order valence-electron chi connectivity index (χ0n) is 14.7. The Hall–Kier alpha value is -3.27. The molecule has 26 heavy (non-hydrogen) atoms. The Morgan fingerprint density at radius 2 is 2.15 bits per heavy atom. The minimum atomic E-state index is -0.361. The SMILES string of the molecule is COCCn1cnnc1-c1cccc(NC(=O)c2cn(C)nc2OC)n1. The third kappa shape index (κ3) is 3.70. The van der Waals surface area contributed by atoms with E-state index in [9.17, 15) is 4.79 Å². The van der Waals surface area contributed by atoms with Crippen molar-refractivity contribution in [1.82, 2.24) is 29.5 Å². The number of anilines is 1. The molecule has 0 unspecified atom stereocenters. The molecule has 0 aromatic carbocycles. The fourth-order valence-corrected chi connectivity index (χ4v) is 2.39. The summed E-state index contributed by atoms with van der Waals surface area (Å²) < 4.78 is 13.5. The number of amides is 1. The van der Waals surface area contributed by atoms with Crippen LogP contribution in [0.15, 0.2) is 30.7 Å². The van der Waals surface area contributed by atoms with Crippen LogP contribution in [0.5, 0.6) is 5.88 Å². The maximum atomic E-state index is 12.5. The number of rotatable bonds is 7. The van der Waals surface area contributed by atoms with Gasteiger partial charge in [0.1, 0.15) is 23.4 Å². The lowest BCUT2D eigenvalue weighted by Crippen LogP contribution is -2.14. The van der Waals surface area contributed by atoms with Crippen molar-refractivity contribution < 1.29 is 14.3 Å². The highest BCUT2D eigenvalue weighted by atomic mass is 16.5. The molecular weight excluding hydrogens is 338 g/mol. The van der Waals surface area contributed by atoms with Crippen LogP contribution in [0.4, 0.5) is 5.82 Å². The van der Waals surface area contributed by atoms with E-state index < -0.39 is 0 Å². The zero-order chi connectivity index (χ0) is 18.5. The summed E-state index contributed by atoms with van der Waals surface area (Å²) in [6.07, 6.45) is 3.20. The molecule has 10 nitrogen and oxygen atoms in total. The molecule has 3 rings (SSSR count). The van der Waals surface area contributed by atoms with Gasteiger partial charge in [-0.2, -0.15) is 0 Å². The standard InChI is InChI=1S/C16H19N7O3/c1-22-9-11(16(21-22)26-3)15(24)19-13-6-4-5-12(18-13)14-20-17-10-23(14)7-8-25-2/h4-6,9-10H,7-8H2,1-3H3,(H,18,19,24). The van der Waals surface area contributed by atoms with Gasteiger partial charge in [0.25, 0.3) is 5.91 Å². The first kappa shape index (κ1) is 17.5. The minimum absolute atomic E-state index is 0.250. The molecule has 3 aromatic heterocycles. The van der Waals surface area contributed by atoms with Crippen LogP contribution in [0, 0.1) is 0 Å². The van der Waals surface area contributed by atoms with Gasteiger partial charge in [0.2, 0.25) is 5.88 Å². The number of ether oxygens (including phenoxy) is 2. The second-order valence-corrected chi connectivity index (χ2v) is 5.43. The van der Waals surface area contributed by atoms with Crippen molar-refractivity contribution in [3.8, 4) is 17.4 Å². The minimum Gasteiger partial charge on any atom is -0.479 e. The van der Waals surface area contributed by atoms with Gasteiger partial charge in [-0.25, -0.2) is 4.98 Å². The van der Waals surface area contributed by atoms with Gasteiger partial charge in [0, 0.05) is 26.9 Å². The molecule has 3 heterocycles. The summed E-state index contributed by atoms with van der Waals surface area (Å²) in [5.41, 5.74) is 0.917. The Bertz CT molecular complexity index is 903. The number of aryl methyl sites for hydroxylation is 1. The molecule has 3 aromatic rings. The maximum absolute atomic E-state index is 12.5. The molecule has 0 saturated carbocycles. The van der Waals surface area contributed by atoms with E-state index in [-0.39, 0.29) is 11.8 Å². The van der Waals surface area contributed by atoms with Gasteiger partial charge in [-0.1, -0.05) is 6.07 Å². The zero-order valence-corrected chi connectivity index (χ0v) is 14.7.